The lowest BCUT2D eigenvalue weighted by Gasteiger charge is -2.28. The average Bonchev–Trinajstić information content (AvgIpc) is 3.17. The molecule has 1 aromatic carbocycles. The van der Waals surface area contributed by atoms with Crippen LogP contribution in [0.1, 0.15) is 187 Å². The van der Waals surface area contributed by atoms with Crippen molar-refractivity contribution in [2.24, 2.45) is 0 Å². The van der Waals surface area contributed by atoms with Gasteiger partial charge in [-0.25, -0.2) is 4.58 Å². The van der Waals surface area contributed by atoms with Gasteiger partial charge in [0.25, 0.3) is 0 Å². The molecule has 1 aromatic rings. The van der Waals surface area contributed by atoms with E-state index in [0.717, 1.165) is 77.5 Å². The molecule has 0 fully saturated rings. The summed E-state index contributed by atoms with van der Waals surface area (Å²) >= 11 is 0. The van der Waals surface area contributed by atoms with Crippen LogP contribution in [-0.2, 0) is 4.79 Å². The Morgan fingerprint density at radius 3 is 1.25 bits per heavy atom. The summed E-state index contributed by atoms with van der Waals surface area (Å²) in [6, 6.07) is 3.14. The van der Waals surface area contributed by atoms with Crippen LogP contribution >= 0.6 is 0 Å². The number of aromatic hydroxyl groups is 2. The van der Waals surface area contributed by atoms with Crippen LogP contribution in [0.4, 0.5) is 5.69 Å². The number of allylic oxidation sites excluding steroid dienone is 4. The standard InChI is InChI=1S/C48H76N2O6/c1-5-9-13-17-21-25-29-49(30-26-22-18-14-10-6-2)37-33-39(51)43(40(52)34-37)45-47(55)46(48(45)56)44-41(53)35-38(36-42(44)54)50(31-27-23-19-15-11-7-3)32-28-24-20-16-12-8-4/h33-36H,5-32H2,1-4H3,(H4,51,52,53,54,55,56)/p+1. The molecule has 5 N–H and O–H groups in total. The Labute approximate surface area is 339 Å². The summed E-state index contributed by atoms with van der Waals surface area (Å²) in [4.78, 5) is 15.9. The second-order valence-corrected chi connectivity index (χ2v) is 16.2. The number of rotatable bonds is 30. The first-order chi connectivity index (χ1) is 27.2. The molecular weight excluding hydrogens is 701 g/mol. The highest BCUT2D eigenvalue weighted by molar-refractivity contribution is 6.40. The van der Waals surface area contributed by atoms with Gasteiger partial charge in [-0.2, -0.15) is 0 Å². The molecule has 0 saturated carbocycles. The maximum absolute atomic E-state index is 13.7. The highest BCUT2D eigenvalue weighted by Gasteiger charge is 2.42. The van der Waals surface area contributed by atoms with Gasteiger partial charge in [0.15, 0.2) is 0 Å². The van der Waals surface area contributed by atoms with Crippen LogP contribution in [-0.4, -0.2) is 67.8 Å². The Kier molecular flexibility index (Phi) is 21.9. The van der Waals surface area contributed by atoms with Gasteiger partial charge in [0, 0.05) is 43.8 Å². The van der Waals surface area contributed by atoms with Crippen molar-refractivity contribution in [2.75, 3.05) is 31.1 Å². The first-order valence-corrected chi connectivity index (χ1v) is 22.7. The zero-order valence-electron chi connectivity index (χ0n) is 35.6. The molecule has 8 nitrogen and oxygen atoms in total. The lowest BCUT2D eigenvalue weighted by Crippen LogP contribution is -2.28. The van der Waals surface area contributed by atoms with Gasteiger partial charge in [0.2, 0.25) is 11.5 Å². The van der Waals surface area contributed by atoms with Crippen LogP contribution in [0.15, 0.2) is 52.7 Å². The lowest BCUT2D eigenvalue weighted by atomic mass is 9.78. The van der Waals surface area contributed by atoms with Gasteiger partial charge in [0.1, 0.15) is 41.9 Å². The van der Waals surface area contributed by atoms with E-state index in [0.29, 0.717) is 11.4 Å². The third-order valence-corrected chi connectivity index (χ3v) is 11.4. The highest BCUT2D eigenvalue weighted by Crippen LogP contribution is 2.48. The average molecular weight is 778 g/mol. The monoisotopic (exact) mass is 778 g/mol. The van der Waals surface area contributed by atoms with E-state index < -0.39 is 11.5 Å². The van der Waals surface area contributed by atoms with Crippen LogP contribution in [0.5, 0.6) is 11.5 Å². The number of aliphatic hydroxyl groups is 3. The molecule has 3 rings (SSSR count). The number of hydrogen-bond acceptors (Lipinski definition) is 7. The van der Waals surface area contributed by atoms with Crippen molar-refractivity contribution in [1.29, 1.82) is 0 Å². The number of nitrogens with zero attached hydrogens (tertiary/aromatic N) is 2. The van der Waals surface area contributed by atoms with Gasteiger partial charge in [-0.05, 0) is 25.7 Å². The van der Waals surface area contributed by atoms with Crippen LogP contribution in [0, 0.1) is 0 Å². The summed E-state index contributed by atoms with van der Waals surface area (Å²) in [5.41, 5.74) is 0.627. The Hall–Kier alpha value is -3.68. The van der Waals surface area contributed by atoms with Crippen molar-refractivity contribution in [3.8, 4) is 11.5 Å². The predicted molar refractivity (Wildman–Crippen MR) is 233 cm³/mol. The number of hydrogen-bond donors (Lipinski definition) is 5. The van der Waals surface area contributed by atoms with Gasteiger partial charge < -0.3 is 30.4 Å². The number of carbonyl (C=O) groups excluding carboxylic acids is 1. The number of unbranched alkanes of at least 4 members (excludes halogenated alkanes) is 20. The Balaban J connectivity index is 1.85. The normalized spacial score (nSPS) is 14.4. The predicted octanol–water partition coefficient (Wildman–Crippen LogP) is 12.8. The Morgan fingerprint density at radius 2 is 0.857 bits per heavy atom. The topological polar surface area (TPSA) is 124 Å². The molecule has 0 heterocycles. The van der Waals surface area contributed by atoms with Crippen LogP contribution in [0.2, 0.25) is 0 Å². The smallest absolute Gasteiger partial charge is 0.207 e. The summed E-state index contributed by atoms with van der Waals surface area (Å²) < 4.78 is 2.21. The van der Waals surface area contributed by atoms with E-state index in [-0.39, 0.29) is 45.3 Å². The summed E-state index contributed by atoms with van der Waals surface area (Å²) in [6.45, 7) is 12.0. The summed E-state index contributed by atoms with van der Waals surface area (Å²) in [5.74, 6) is -2.32. The first-order valence-electron chi connectivity index (χ1n) is 22.7. The summed E-state index contributed by atoms with van der Waals surface area (Å²) in [6.07, 6.45) is 31.1. The van der Waals surface area contributed by atoms with E-state index in [1.165, 1.54) is 103 Å². The Bertz CT molecular complexity index is 1450. The summed E-state index contributed by atoms with van der Waals surface area (Å²) in [5, 5.41) is 56.3. The number of phenolic OH excluding ortho intramolecular Hbond substituents is 2. The van der Waals surface area contributed by atoms with Crippen molar-refractivity contribution < 1.29 is 34.9 Å². The third-order valence-electron chi connectivity index (χ3n) is 11.4. The van der Waals surface area contributed by atoms with Crippen molar-refractivity contribution in [3.63, 3.8) is 0 Å². The number of aliphatic hydroxyl groups excluding tert-OH is 3. The maximum Gasteiger partial charge on any atom is 0.207 e. The molecular formula is C48H77N2O6+. The number of carbonyl (C=O) groups is 1. The van der Waals surface area contributed by atoms with Gasteiger partial charge in [0.05, 0.1) is 34.4 Å². The minimum atomic E-state index is -0.661. The zero-order valence-corrected chi connectivity index (χ0v) is 35.6. The molecule has 0 saturated heterocycles. The minimum Gasteiger partial charge on any atom is -0.507 e. The van der Waals surface area contributed by atoms with E-state index >= 15 is 0 Å². The third kappa shape index (κ3) is 14.4. The number of anilines is 1. The zero-order chi connectivity index (χ0) is 40.7. The highest BCUT2D eigenvalue weighted by atomic mass is 16.3. The van der Waals surface area contributed by atoms with E-state index in [9.17, 15) is 30.3 Å². The van der Waals surface area contributed by atoms with Crippen LogP contribution in [0.25, 0.3) is 5.57 Å². The summed E-state index contributed by atoms with van der Waals surface area (Å²) in [7, 11) is 0. The first kappa shape index (κ1) is 46.7. The number of Topliss-reactive ketones (excluding diaryl/α,β-unsaturated/α-hetero) is 1. The maximum atomic E-state index is 13.7. The van der Waals surface area contributed by atoms with Crippen molar-refractivity contribution in [2.45, 2.75) is 182 Å². The number of phenols is 2. The van der Waals surface area contributed by atoms with Gasteiger partial charge in [-0.1, -0.05) is 143 Å². The van der Waals surface area contributed by atoms with Gasteiger partial charge in [-0.3, -0.25) is 4.79 Å². The van der Waals surface area contributed by atoms with Crippen molar-refractivity contribution >= 4 is 22.8 Å². The van der Waals surface area contributed by atoms with E-state index in [2.05, 4.69) is 37.2 Å². The molecule has 314 valence electrons. The molecule has 56 heavy (non-hydrogen) atoms. The van der Waals surface area contributed by atoms with E-state index in [4.69, 9.17) is 0 Å². The fourth-order valence-corrected chi connectivity index (χ4v) is 8.01. The number of benzene rings is 1. The molecule has 0 atom stereocenters. The fraction of sp³-hybridized carbons (Fsp3) is 0.667. The molecule has 2 aliphatic rings. The molecule has 0 unspecified atom stereocenters. The van der Waals surface area contributed by atoms with Crippen molar-refractivity contribution in [1.82, 2.24) is 0 Å². The van der Waals surface area contributed by atoms with Crippen LogP contribution < -0.4 is 4.90 Å². The van der Waals surface area contributed by atoms with Gasteiger partial charge >= 0.3 is 0 Å². The molecule has 0 spiro atoms. The minimum absolute atomic E-state index is 0.140. The molecule has 0 aliphatic heterocycles. The molecule has 0 bridgehead atoms. The second-order valence-electron chi connectivity index (χ2n) is 16.2. The lowest BCUT2D eigenvalue weighted by molar-refractivity contribution is -0.527. The molecule has 0 radical (unpaired) electrons. The molecule has 0 aromatic heterocycles. The SMILES string of the molecule is CCCCCCCCN(CCCCCCCC)c1cc(O)c(C2=C(O)C(=C3C(O)=CC(=[N+](CCCCCCCC)CCCCCCCC)C=C3O)C2=O)c(O)c1. The fourth-order valence-electron chi connectivity index (χ4n) is 8.01. The van der Waals surface area contributed by atoms with Crippen molar-refractivity contribution in [3.05, 3.63) is 58.3 Å². The largest absolute Gasteiger partial charge is 0.507 e. The molecule has 2 aliphatic carbocycles. The molecule has 8 heteroatoms. The number of ketones is 1. The van der Waals surface area contributed by atoms with Crippen LogP contribution in [0.3, 0.4) is 0 Å². The second kappa shape index (κ2) is 26.3. The molecule has 0 amide bonds. The van der Waals surface area contributed by atoms with E-state index in [1.807, 2.05) is 0 Å². The van der Waals surface area contributed by atoms with Gasteiger partial charge in [-0.15, -0.1) is 0 Å². The Morgan fingerprint density at radius 1 is 0.482 bits per heavy atom. The quantitative estimate of drug-likeness (QED) is 0.0299. The van der Waals surface area contributed by atoms with E-state index in [1.54, 1.807) is 24.3 Å².